The zero-order valence-corrected chi connectivity index (χ0v) is 17.0. The Morgan fingerprint density at radius 2 is 1.58 bits per heavy atom. The number of thioether (sulfide) groups is 1. The van der Waals surface area contributed by atoms with Gasteiger partial charge in [-0.3, -0.25) is 14.4 Å². The fourth-order valence-electron chi connectivity index (χ4n) is 2.62. The topological polar surface area (TPSA) is 174 Å². The number of carbonyl (C=O) groups is 3. The Labute approximate surface area is 159 Å². The molecule has 9 nitrogen and oxygen atoms in total. The van der Waals surface area contributed by atoms with Crippen molar-refractivity contribution in [2.45, 2.75) is 69.7 Å². The normalized spacial score (nSPS) is 14.7. The average molecular weight is 392 g/mol. The Morgan fingerprint density at radius 3 is 1.96 bits per heavy atom. The van der Waals surface area contributed by atoms with E-state index >= 15 is 0 Å². The summed E-state index contributed by atoms with van der Waals surface area (Å²) >= 11 is 1.52. The lowest BCUT2D eigenvalue weighted by molar-refractivity contribution is -0.140. The molecule has 0 bridgehead atoms. The van der Waals surface area contributed by atoms with Gasteiger partial charge in [-0.05, 0) is 46.1 Å². The lowest BCUT2D eigenvalue weighted by Gasteiger charge is -2.41. The summed E-state index contributed by atoms with van der Waals surface area (Å²) in [7, 11) is 0. The molecule has 0 spiro atoms. The summed E-state index contributed by atoms with van der Waals surface area (Å²) in [5.74, 6) is -1.67. The SMILES string of the molecule is CSCCC(NC(=O)CC(N)C(=O)O)C(=O)NC(C(C)(C)N)C(C)(C)N. The number of carboxylic acid groups (broad SMARTS) is 1. The van der Waals surface area contributed by atoms with Crippen molar-refractivity contribution < 1.29 is 19.5 Å². The first-order valence-corrected chi connectivity index (χ1v) is 9.74. The number of nitrogens with two attached hydrogens (primary N) is 3. The maximum atomic E-state index is 12.7. The summed E-state index contributed by atoms with van der Waals surface area (Å²) in [5, 5.41) is 14.2. The molecule has 2 unspecified atom stereocenters. The van der Waals surface area contributed by atoms with E-state index in [-0.39, 0.29) is 0 Å². The molecule has 9 N–H and O–H groups in total. The number of rotatable bonds is 11. The molecule has 0 saturated carbocycles. The van der Waals surface area contributed by atoms with Crippen molar-refractivity contribution in [3.63, 3.8) is 0 Å². The number of aliphatic carboxylic acids is 1. The number of hydrogen-bond donors (Lipinski definition) is 6. The van der Waals surface area contributed by atoms with E-state index in [1.807, 2.05) is 6.26 Å². The van der Waals surface area contributed by atoms with Crippen LogP contribution in [0.4, 0.5) is 0 Å². The van der Waals surface area contributed by atoms with E-state index < -0.39 is 53.4 Å². The van der Waals surface area contributed by atoms with Crippen LogP contribution in [-0.2, 0) is 14.4 Å². The molecule has 0 aliphatic heterocycles. The van der Waals surface area contributed by atoms with Crippen molar-refractivity contribution in [1.29, 1.82) is 0 Å². The van der Waals surface area contributed by atoms with Crippen molar-refractivity contribution in [2.24, 2.45) is 17.2 Å². The molecule has 0 aliphatic rings. The van der Waals surface area contributed by atoms with Crippen molar-refractivity contribution in [3.05, 3.63) is 0 Å². The second-order valence-corrected chi connectivity index (χ2v) is 8.62. The molecular weight excluding hydrogens is 358 g/mol. The third-order valence-corrected chi connectivity index (χ3v) is 4.40. The van der Waals surface area contributed by atoms with Crippen LogP contribution in [0.1, 0.15) is 40.5 Å². The highest BCUT2D eigenvalue weighted by Crippen LogP contribution is 2.17. The zero-order chi connectivity index (χ0) is 20.7. The van der Waals surface area contributed by atoms with Gasteiger partial charge in [0, 0.05) is 11.1 Å². The average Bonchev–Trinajstić information content (AvgIpc) is 2.46. The van der Waals surface area contributed by atoms with Crippen LogP contribution >= 0.6 is 11.8 Å². The van der Waals surface area contributed by atoms with Crippen molar-refractivity contribution >= 4 is 29.5 Å². The standard InChI is InChI=1S/C16H33N5O4S/c1-15(2,18)14(16(3,4)19)21-12(23)10(6-7-26-5)20-11(22)8-9(17)13(24)25/h9-10,14H,6-8,17-19H2,1-5H3,(H,20,22)(H,21,23)(H,24,25). The third-order valence-electron chi connectivity index (χ3n) is 3.76. The minimum Gasteiger partial charge on any atom is -0.480 e. The number of hydrogen-bond acceptors (Lipinski definition) is 7. The fraction of sp³-hybridized carbons (Fsp3) is 0.812. The van der Waals surface area contributed by atoms with Gasteiger partial charge in [0.25, 0.3) is 0 Å². The molecular formula is C16H33N5O4S. The van der Waals surface area contributed by atoms with Crippen LogP contribution in [0.5, 0.6) is 0 Å². The van der Waals surface area contributed by atoms with E-state index in [4.69, 9.17) is 22.3 Å². The van der Waals surface area contributed by atoms with Crippen LogP contribution in [0, 0.1) is 0 Å². The molecule has 0 fully saturated rings. The number of nitrogens with one attached hydrogen (secondary N) is 2. The summed E-state index contributed by atoms with van der Waals surface area (Å²) in [6.45, 7) is 7.03. The van der Waals surface area contributed by atoms with Gasteiger partial charge in [0.15, 0.2) is 0 Å². The number of carboxylic acids is 1. The summed E-state index contributed by atoms with van der Waals surface area (Å²) in [6.07, 6.45) is 1.85. The molecule has 26 heavy (non-hydrogen) atoms. The number of amides is 2. The van der Waals surface area contributed by atoms with Gasteiger partial charge in [-0.25, -0.2) is 0 Å². The van der Waals surface area contributed by atoms with Crippen LogP contribution in [0.3, 0.4) is 0 Å². The van der Waals surface area contributed by atoms with Gasteiger partial charge in [-0.2, -0.15) is 11.8 Å². The second-order valence-electron chi connectivity index (χ2n) is 7.63. The molecule has 152 valence electrons. The van der Waals surface area contributed by atoms with E-state index in [1.165, 1.54) is 11.8 Å². The van der Waals surface area contributed by atoms with Gasteiger partial charge in [0.05, 0.1) is 12.5 Å². The Morgan fingerprint density at radius 1 is 1.08 bits per heavy atom. The molecule has 0 aromatic heterocycles. The molecule has 0 aliphatic carbocycles. The Balaban J connectivity index is 5.18. The first kappa shape index (κ1) is 24.6. The van der Waals surface area contributed by atoms with Crippen LogP contribution in [0.2, 0.25) is 0 Å². The zero-order valence-electron chi connectivity index (χ0n) is 16.2. The third kappa shape index (κ3) is 8.84. The van der Waals surface area contributed by atoms with Gasteiger partial charge in [0.1, 0.15) is 12.1 Å². The molecule has 2 amide bonds. The Kier molecular flexibility index (Phi) is 9.57. The second kappa shape index (κ2) is 10.1. The van der Waals surface area contributed by atoms with E-state index in [0.717, 1.165) is 0 Å². The summed E-state index contributed by atoms with van der Waals surface area (Å²) in [4.78, 5) is 35.5. The molecule has 0 aromatic rings. The predicted molar refractivity (Wildman–Crippen MR) is 104 cm³/mol. The van der Waals surface area contributed by atoms with Crippen molar-refractivity contribution in [3.8, 4) is 0 Å². The molecule has 0 saturated heterocycles. The van der Waals surface area contributed by atoms with Crippen LogP contribution in [-0.4, -0.2) is 64.1 Å². The maximum absolute atomic E-state index is 12.7. The quantitative estimate of drug-likeness (QED) is 0.260. The summed E-state index contributed by atoms with van der Waals surface area (Å²) < 4.78 is 0. The molecule has 2 atom stereocenters. The highest BCUT2D eigenvalue weighted by Gasteiger charge is 2.38. The monoisotopic (exact) mass is 391 g/mol. The Hall–Kier alpha value is -1.36. The highest BCUT2D eigenvalue weighted by molar-refractivity contribution is 7.98. The molecule has 10 heteroatoms. The van der Waals surface area contributed by atoms with Crippen molar-refractivity contribution in [1.82, 2.24) is 10.6 Å². The van der Waals surface area contributed by atoms with E-state index in [0.29, 0.717) is 12.2 Å². The lowest BCUT2D eigenvalue weighted by atomic mass is 9.82. The smallest absolute Gasteiger partial charge is 0.321 e. The lowest BCUT2D eigenvalue weighted by Crippen LogP contribution is -2.68. The Bertz CT molecular complexity index is 488. The highest BCUT2D eigenvalue weighted by atomic mass is 32.2. The molecule has 0 radical (unpaired) electrons. The molecule has 0 rings (SSSR count). The minimum absolute atomic E-state index is 0.379. The van der Waals surface area contributed by atoms with E-state index in [9.17, 15) is 14.4 Å². The van der Waals surface area contributed by atoms with Gasteiger partial charge in [0.2, 0.25) is 11.8 Å². The van der Waals surface area contributed by atoms with Crippen LogP contribution in [0.15, 0.2) is 0 Å². The first-order chi connectivity index (χ1) is 11.7. The van der Waals surface area contributed by atoms with Crippen LogP contribution in [0.25, 0.3) is 0 Å². The molecule has 0 heterocycles. The number of carbonyl (C=O) groups excluding carboxylic acids is 2. The minimum atomic E-state index is -1.32. The van der Waals surface area contributed by atoms with E-state index in [2.05, 4.69) is 10.6 Å². The summed E-state index contributed by atoms with van der Waals surface area (Å²) in [6, 6.07) is -2.70. The van der Waals surface area contributed by atoms with Crippen molar-refractivity contribution in [2.75, 3.05) is 12.0 Å². The fourth-order valence-corrected chi connectivity index (χ4v) is 3.09. The van der Waals surface area contributed by atoms with Crippen LogP contribution < -0.4 is 27.8 Å². The van der Waals surface area contributed by atoms with Gasteiger partial charge >= 0.3 is 5.97 Å². The molecule has 0 aromatic carbocycles. The van der Waals surface area contributed by atoms with Gasteiger partial charge in [-0.15, -0.1) is 0 Å². The van der Waals surface area contributed by atoms with Gasteiger partial charge < -0.3 is 32.9 Å². The first-order valence-electron chi connectivity index (χ1n) is 8.35. The van der Waals surface area contributed by atoms with Gasteiger partial charge in [-0.1, -0.05) is 0 Å². The van der Waals surface area contributed by atoms with E-state index in [1.54, 1.807) is 27.7 Å². The maximum Gasteiger partial charge on any atom is 0.321 e. The predicted octanol–water partition coefficient (Wildman–Crippen LogP) is -1.01. The largest absolute Gasteiger partial charge is 0.480 e. The summed E-state index contributed by atoms with van der Waals surface area (Å²) in [5.41, 5.74) is 16.1.